The molecule has 0 aliphatic carbocycles. The van der Waals surface area contributed by atoms with Gasteiger partial charge in [0.25, 0.3) is 0 Å². The minimum Gasteiger partial charge on any atom is -0.480 e. The zero-order chi connectivity index (χ0) is 28.6. The number of para-hydroxylation sites is 1. The molecule has 3 amide bonds. The molecule has 1 aromatic carbocycles. The van der Waals surface area contributed by atoms with Crippen LogP contribution in [0.25, 0.3) is 10.9 Å². The van der Waals surface area contributed by atoms with E-state index in [1.165, 1.54) is 25.8 Å². The van der Waals surface area contributed by atoms with Crippen LogP contribution in [-0.2, 0) is 38.4 Å². The van der Waals surface area contributed by atoms with Gasteiger partial charge < -0.3 is 41.7 Å². The molecule has 9 N–H and O–H groups in total. The number of benzene rings is 1. The van der Waals surface area contributed by atoms with Crippen LogP contribution in [0.4, 0.5) is 0 Å². The number of amides is 3. The zero-order valence-corrected chi connectivity index (χ0v) is 21.7. The van der Waals surface area contributed by atoms with E-state index in [9.17, 15) is 24.3 Å². The number of carbonyl (C=O) groups is 4. The van der Waals surface area contributed by atoms with Gasteiger partial charge in [0.05, 0.1) is 18.7 Å². The number of carbonyl (C=O) groups excluding carboxylic acids is 3. The number of rotatable bonds is 13. The Morgan fingerprint density at radius 1 is 0.850 bits per heavy atom. The topological polar surface area (TPSA) is 224 Å². The summed E-state index contributed by atoms with van der Waals surface area (Å²) in [6.07, 6.45) is 7.93. The third-order valence-corrected chi connectivity index (χ3v) is 6.41. The van der Waals surface area contributed by atoms with Gasteiger partial charge in [-0.05, 0) is 18.6 Å². The molecule has 4 atom stereocenters. The highest BCUT2D eigenvalue weighted by Crippen LogP contribution is 2.19. The lowest BCUT2D eigenvalue weighted by Crippen LogP contribution is -2.57. The Labute approximate surface area is 228 Å². The molecule has 0 saturated heterocycles. The quantitative estimate of drug-likeness (QED) is 0.109. The number of aromatic nitrogens is 5. The van der Waals surface area contributed by atoms with Gasteiger partial charge in [0.1, 0.15) is 18.1 Å². The van der Waals surface area contributed by atoms with Crippen molar-refractivity contribution in [3.8, 4) is 0 Å². The van der Waals surface area contributed by atoms with E-state index in [1.807, 2.05) is 24.3 Å². The molecule has 4 rings (SSSR count). The summed E-state index contributed by atoms with van der Waals surface area (Å²) >= 11 is 0. The predicted octanol–water partition coefficient (Wildman–Crippen LogP) is -0.472. The number of hydrogen-bond donors (Lipinski definition) is 8. The van der Waals surface area contributed by atoms with Crippen LogP contribution in [0.3, 0.4) is 0 Å². The maximum Gasteiger partial charge on any atom is 0.326 e. The molecular weight excluding hydrogens is 518 g/mol. The fraction of sp³-hybridized carbons (Fsp3) is 0.308. The molecule has 0 bridgehead atoms. The number of hydrogen-bond acceptors (Lipinski definition) is 7. The van der Waals surface area contributed by atoms with Crippen molar-refractivity contribution in [1.82, 2.24) is 40.9 Å². The van der Waals surface area contributed by atoms with Crippen molar-refractivity contribution < 1.29 is 24.3 Å². The largest absolute Gasteiger partial charge is 0.480 e. The summed E-state index contributed by atoms with van der Waals surface area (Å²) in [4.78, 5) is 67.4. The van der Waals surface area contributed by atoms with E-state index in [1.54, 1.807) is 12.4 Å². The standard InChI is InChI=1S/C26H31N9O5/c1-14(23(36)35-22(26(39)40)8-17-11-29-13-32-17)33-25(38)21(6-15-9-30-20-5-3-2-4-18(15)20)34-24(37)19(27)7-16-10-28-12-31-16/h2-5,9-14,19,21-22,30H,6-8,27H2,1H3,(H,28,31)(H,29,32)(H,33,38)(H,34,37)(H,35,36)(H,39,40). The van der Waals surface area contributed by atoms with Gasteiger partial charge in [-0.1, -0.05) is 18.2 Å². The fourth-order valence-electron chi connectivity index (χ4n) is 4.23. The Morgan fingerprint density at radius 2 is 1.50 bits per heavy atom. The van der Waals surface area contributed by atoms with Crippen molar-refractivity contribution in [2.75, 3.05) is 0 Å². The Hall–Kier alpha value is -4.98. The Balaban J connectivity index is 1.45. The molecule has 3 aromatic heterocycles. The lowest BCUT2D eigenvalue weighted by Gasteiger charge is -2.23. The smallest absolute Gasteiger partial charge is 0.326 e. The molecule has 0 aliphatic heterocycles. The number of nitrogens with one attached hydrogen (secondary N) is 6. The van der Waals surface area contributed by atoms with Crippen LogP contribution in [0.1, 0.15) is 23.9 Å². The summed E-state index contributed by atoms with van der Waals surface area (Å²) in [5, 5.41) is 18.1. The Bertz CT molecular complexity index is 1450. The molecule has 14 heteroatoms. The van der Waals surface area contributed by atoms with Crippen molar-refractivity contribution in [2.45, 2.75) is 50.4 Å². The number of imidazole rings is 2. The first-order valence-electron chi connectivity index (χ1n) is 12.6. The molecule has 0 spiro atoms. The molecule has 14 nitrogen and oxygen atoms in total. The summed E-state index contributed by atoms with van der Waals surface area (Å²) in [6, 6.07) is 3.15. The average molecular weight is 550 g/mol. The van der Waals surface area contributed by atoms with Crippen LogP contribution in [-0.4, -0.2) is 77.9 Å². The summed E-state index contributed by atoms with van der Waals surface area (Å²) in [6.45, 7) is 1.43. The summed E-state index contributed by atoms with van der Waals surface area (Å²) in [5.41, 5.74) is 8.91. The third kappa shape index (κ3) is 7.11. The van der Waals surface area contributed by atoms with E-state index in [0.717, 1.165) is 16.5 Å². The Morgan fingerprint density at radius 3 is 2.15 bits per heavy atom. The lowest BCUT2D eigenvalue weighted by atomic mass is 10.0. The number of fused-ring (bicyclic) bond motifs is 1. The molecule has 0 fully saturated rings. The maximum atomic E-state index is 13.4. The third-order valence-electron chi connectivity index (χ3n) is 6.41. The van der Waals surface area contributed by atoms with Crippen LogP contribution in [0.5, 0.6) is 0 Å². The first kappa shape index (κ1) is 28.0. The maximum absolute atomic E-state index is 13.4. The van der Waals surface area contributed by atoms with Crippen LogP contribution >= 0.6 is 0 Å². The van der Waals surface area contributed by atoms with Crippen molar-refractivity contribution >= 4 is 34.6 Å². The molecule has 40 heavy (non-hydrogen) atoms. The number of carboxylic acids is 1. The second-order valence-corrected chi connectivity index (χ2v) is 9.42. The fourth-order valence-corrected chi connectivity index (χ4v) is 4.23. The van der Waals surface area contributed by atoms with Gasteiger partial charge in [0.2, 0.25) is 17.7 Å². The first-order valence-corrected chi connectivity index (χ1v) is 12.6. The van der Waals surface area contributed by atoms with Crippen molar-refractivity contribution in [1.29, 1.82) is 0 Å². The molecular formula is C26H31N9O5. The molecule has 0 radical (unpaired) electrons. The van der Waals surface area contributed by atoms with E-state index < -0.39 is 47.9 Å². The zero-order valence-electron chi connectivity index (χ0n) is 21.7. The second-order valence-electron chi connectivity index (χ2n) is 9.42. The van der Waals surface area contributed by atoms with Crippen molar-refractivity contribution in [3.05, 3.63) is 72.5 Å². The van der Waals surface area contributed by atoms with E-state index in [4.69, 9.17) is 5.73 Å². The van der Waals surface area contributed by atoms with E-state index in [0.29, 0.717) is 11.4 Å². The van der Waals surface area contributed by atoms with Gasteiger partial charge in [-0.15, -0.1) is 0 Å². The van der Waals surface area contributed by atoms with Crippen molar-refractivity contribution in [2.24, 2.45) is 5.73 Å². The monoisotopic (exact) mass is 549 g/mol. The number of H-pyrrole nitrogens is 3. The van der Waals surface area contributed by atoms with Gasteiger partial charge in [0, 0.05) is 60.1 Å². The number of nitrogens with two attached hydrogens (primary N) is 1. The van der Waals surface area contributed by atoms with Crippen LogP contribution in [0.15, 0.2) is 55.5 Å². The summed E-state index contributed by atoms with van der Waals surface area (Å²) in [7, 11) is 0. The minimum atomic E-state index is -1.24. The highest BCUT2D eigenvalue weighted by atomic mass is 16.4. The van der Waals surface area contributed by atoms with Crippen LogP contribution in [0, 0.1) is 0 Å². The summed E-state index contributed by atoms with van der Waals surface area (Å²) in [5.74, 6) is -3.13. The van der Waals surface area contributed by atoms with E-state index >= 15 is 0 Å². The van der Waals surface area contributed by atoms with Gasteiger partial charge in [0.15, 0.2) is 0 Å². The average Bonchev–Trinajstić information content (AvgIpc) is 3.71. The summed E-state index contributed by atoms with van der Waals surface area (Å²) < 4.78 is 0. The SMILES string of the molecule is CC(NC(=O)C(Cc1c[nH]c2ccccc12)NC(=O)C(N)Cc1cnc[nH]1)C(=O)NC(Cc1cnc[nH]1)C(=O)O. The minimum absolute atomic E-state index is 0.0186. The first-order chi connectivity index (χ1) is 19.2. The molecule has 210 valence electrons. The molecule has 4 aromatic rings. The molecule has 0 aliphatic rings. The highest BCUT2D eigenvalue weighted by molar-refractivity contribution is 5.94. The number of aliphatic carboxylic acids is 1. The number of nitrogens with zero attached hydrogens (tertiary/aromatic N) is 2. The molecule has 0 saturated carbocycles. The number of carboxylic acid groups (broad SMARTS) is 1. The van der Waals surface area contributed by atoms with Crippen LogP contribution in [0.2, 0.25) is 0 Å². The van der Waals surface area contributed by atoms with Gasteiger partial charge in [-0.3, -0.25) is 14.4 Å². The van der Waals surface area contributed by atoms with Gasteiger partial charge in [-0.2, -0.15) is 0 Å². The molecule has 4 unspecified atom stereocenters. The second kappa shape index (κ2) is 12.7. The van der Waals surface area contributed by atoms with Crippen LogP contribution < -0.4 is 21.7 Å². The van der Waals surface area contributed by atoms with Gasteiger partial charge in [-0.25, -0.2) is 14.8 Å². The lowest BCUT2D eigenvalue weighted by molar-refractivity contribution is -0.142. The van der Waals surface area contributed by atoms with E-state index in [-0.39, 0.29) is 19.3 Å². The van der Waals surface area contributed by atoms with Gasteiger partial charge >= 0.3 is 5.97 Å². The van der Waals surface area contributed by atoms with E-state index in [2.05, 4.69) is 40.9 Å². The highest BCUT2D eigenvalue weighted by Gasteiger charge is 2.29. The predicted molar refractivity (Wildman–Crippen MR) is 144 cm³/mol. The Kier molecular flexibility index (Phi) is 8.91. The normalized spacial score (nSPS) is 14.2. The van der Waals surface area contributed by atoms with Crippen molar-refractivity contribution in [3.63, 3.8) is 0 Å². The molecule has 3 heterocycles. The number of aromatic amines is 3.